The van der Waals surface area contributed by atoms with Gasteiger partial charge in [0.25, 0.3) is 0 Å². The second kappa shape index (κ2) is 3.89. The maximum absolute atomic E-state index is 10.6. The number of carboxylic acid groups (broad SMARTS) is 1. The Kier molecular flexibility index (Phi) is 3.06. The predicted molar refractivity (Wildman–Crippen MR) is 46.3 cm³/mol. The van der Waals surface area contributed by atoms with E-state index < -0.39 is 11.8 Å². The highest BCUT2D eigenvalue weighted by molar-refractivity contribution is 5.68. The molecular formula is C9H14O4. The van der Waals surface area contributed by atoms with Crippen molar-refractivity contribution in [1.82, 2.24) is 0 Å². The third-order valence-corrected chi connectivity index (χ3v) is 1.81. The summed E-state index contributed by atoms with van der Waals surface area (Å²) in [7, 11) is 0. The van der Waals surface area contributed by atoms with Crippen molar-refractivity contribution in [1.29, 1.82) is 0 Å². The number of aliphatic carboxylic acids is 1. The van der Waals surface area contributed by atoms with E-state index in [2.05, 4.69) is 6.58 Å². The van der Waals surface area contributed by atoms with Gasteiger partial charge in [0.15, 0.2) is 5.79 Å². The summed E-state index contributed by atoms with van der Waals surface area (Å²) in [5.74, 6) is -1.87. The summed E-state index contributed by atoms with van der Waals surface area (Å²) >= 11 is 0. The van der Waals surface area contributed by atoms with Gasteiger partial charge in [-0.25, -0.2) is 0 Å². The van der Waals surface area contributed by atoms with Crippen LogP contribution >= 0.6 is 0 Å². The monoisotopic (exact) mass is 186 g/mol. The second-order valence-electron chi connectivity index (χ2n) is 3.31. The molecule has 1 saturated heterocycles. The first-order valence-electron chi connectivity index (χ1n) is 4.18. The Balaban J connectivity index is 2.62. The highest BCUT2D eigenvalue weighted by Crippen LogP contribution is 2.29. The van der Waals surface area contributed by atoms with E-state index >= 15 is 0 Å². The van der Waals surface area contributed by atoms with Crippen molar-refractivity contribution in [2.75, 3.05) is 13.2 Å². The van der Waals surface area contributed by atoms with Crippen LogP contribution in [0.15, 0.2) is 12.2 Å². The first kappa shape index (κ1) is 10.2. The van der Waals surface area contributed by atoms with Crippen LogP contribution < -0.4 is 0 Å². The lowest BCUT2D eigenvalue weighted by molar-refractivity contribution is -0.178. The zero-order valence-electron chi connectivity index (χ0n) is 7.71. The topological polar surface area (TPSA) is 55.8 Å². The van der Waals surface area contributed by atoms with E-state index in [-0.39, 0.29) is 6.42 Å². The zero-order valence-corrected chi connectivity index (χ0v) is 7.71. The molecule has 0 spiro atoms. The van der Waals surface area contributed by atoms with Crippen LogP contribution in [-0.2, 0) is 14.3 Å². The van der Waals surface area contributed by atoms with Gasteiger partial charge in [-0.1, -0.05) is 12.2 Å². The van der Waals surface area contributed by atoms with Crippen LogP contribution in [0.2, 0.25) is 0 Å². The van der Waals surface area contributed by atoms with Gasteiger partial charge in [-0.05, 0) is 6.92 Å². The molecule has 1 aliphatic rings. The van der Waals surface area contributed by atoms with Crippen molar-refractivity contribution >= 4 is 5.97 Å². The molecule has 1 heterocycles. The molecule has 4 nitrogen and oxygen atoms in total. The Hall–Kier alpha value is -0.870. The summed E-state index contributed by atoms with van der Waals surface area (Å²) < 4.78 is 10.6. The molecular weight excluding hydrogens is 172 g/mol. The molecule has 1 N–H and O–H groups in total. The van der Waals surface area contributed by atoms with Crippen LogP contribution in [0.5, 0.6) is 0 Å². The molecule has 0 saturated carbocycles. The minimum Gasteiger partial charge on any atom is -0.481 e. The molecule has 0 bridgehead atoms. The van der Waals surface area contributed by atoms with E-state index in [4.69, 9.17) is 14.6 Å². The number of carboxylic acids is 1. The summed E-state index contributed by atoms with van der Waals surface area (Å²) in [6, 6.07) is 0. The van der Waals surface area contributed by atoms with Gasteiger partial charge in [0, 0.05) is 6.42 Å². The van der Waals surface area contributed by atoms with Crippen LogP contribution in [-0.4, -0.2) is 30.1 Å². The number of carbonyl (C=O) groups is 1. The van der Waals surface area contributed by atoms with Crippen molar-refractivity contribution in [3.8, 4) is 0 Å². The minimum absolute atomic E-state index is 0.125. The lowest BCUT2D eigenvalue weighted by Crippen LogP contribution is -2.33. The Bertz CT molecular complexity index is 198. The highest BCUT2D eigenvalue weighted by atomic mass is 16.7. The first-order valence-corrected chi connectivity index (χ1v) is 4.18. The Morgan fingerprint density at radius 1 is 1.46 bits per heavy atom. The van der Waals surface area contributed by atoms with Gasteiger partial charge in [0.2, 0.25) is 0 Å². The standard InChI is InChI=1S/C9H14O4/c1-7(2)5-9(6-8(10)11)12-3-4-13-9/h1,3-6H2,2H3,(H,10,11). The fraction of sp³-hybridized carbons (Fsp3) is 0.667. The molecule has 0 amide bonds. The van der Waals surface area contributed by atoms with Crippen molar-refractivity contribution in [3.63, 3.8) is 0 Å². The van der Waals surface area contributed by atoms with E-state index in [1.54, 1.807) is 0 Å². The van der Waals surface area contributed by atoms with E-state index in [1.807, 2.05) is 6.92 Å². The summed E-state index contributed by atoms with van der Waals surface area (Å²) in [4.78, 5) is 10.6. The smallest absolute Gasteiger partial charge is 0.308 e. The molecule has 0 aromatic heterocycles. The molecule has 0 unspecified atom stereocenters. The summed E-state index contributed by atoms with van der Waals surface area (Å²) in [6.45, 7) is 6.46. The zero-order chi connectivity index (χ0) is 9.90. The van der Waals surface area contributed by atoms with Gasteiger partial charge >= 0.3 is 5.97 Å². The number of hydrogen-bond acceptors (Lipinski definition) is 3. The van der Waals surface area contributed by atoms with Crippen molar-refractivity contribution in [3.05, 3.63) is 12.2 Å². The maximum atomic E-state index is 10.6. The van der Waals surface area contributed by atoms with Gasteiger partial charge in [0.05, 0.1) is 19.6 Å². The SMILES string of the molecule is C=C(C)CC1(CC(=O)O)OCCO1. The first-order chi connectivity index (χ1) is 6.04. The van der Waals surface area contributed by atoms with Gasteiger partial charge in [-0.2, -0.15) is 0 Å². The van der Waals surface area contributed by atoms with Crippen molar-refractivity contribution < 1.29 is 19.4 Å². The van der Waals surface area contributed by atoms with Crippen LogP contribution in [0.4, 0.5) is 0 Å². The highest BCUT2D eigenvalue weighted by Gasteiger charge is 2.38. The van der Waals surface area contributed by atoms with Crippen molar-refractivity contribution in [2.45, 2.75) is 25.6 Å². The fourth-order valence-corrected chi connectivity index (χ4v) is 1.45. The lowest BCUT2D eigenvalue weighted by Gasteiger charge is -2.25. The quantitative estimate of drug-likeness (QED) is 0.669. The molecule has 0 aromatic rings. The van der Waals surface area contributed by atoms with Gasteiger partial charge in [-0.3, -0.25) is 4.79 Å². The van der Waals surface area contributed by atoms with E-state index in [0.717, 1.165) is 5.57 Å². The van der Waals surface area contributed by atoms with E-state index in [1.165, 1.54) is 0 Å². The van der Waals surface area contributed by atoms with Crippen LogP contribution in [0, 0.1) is 0 Å². The number of hydrogen-bond donors (Lipinski definition) is 1. The normalized spacial score (nSPS) is 20.1. The third-order valence-electron chi connectivity index (χ3n) is 1.81. The van der Waals surface area contributed by atoms with Gasteiger partial charge in [0.1, 0.15) is 0 Å². The Labute approximate surface area is 77.1 Å². The van der Waals surface area contributed by atoms with Crippen LogP contribution in [0.3, 0.4) is 0 Å². The maximum Gasteiger partial charge on any atom is 0.308 e. The average Bonchev–Trinajstić information content (AvgIpc) is 2.33. The predicted octanol–water partition coefficient (Wildman–Crippen LogP) is 1.17. The number of rotatable bonds is 4. The molecule has 13 heavy (non-hydrogen) atoms. The molecule has 1 rings (SSSR count). The van der Waals surface area contributed by atoms with Crippen LogP contribution in [0.1, 0.15) is 19.8 Å². The Morgan fingerprint density at radius 2 is 2.00 bits per heavy atom. The Morgan fingerprint density at radius 3 is 2.38 bits per heavy atom. The molecule has 1 fully saturated rings. The third kappa shape index (κ3) is 2.82. The molecule has 4 heteroatoms. The lowest BCUT2D eigenvalue weighted by atomic mass is 10.0. The molecule has 0 aromatic carbocycles. The summed E-state index contributed by atoms with van der Waals surface area (Å²) in [5, 5.41) is 8.66. The largest absolute Gasteiger partial charge is 0.481 e. The average molecular weight is 186 g/mol. The summed E-state index contributed by atoms with van der Waals surface area (Å²) in [6.07, 6.45) is 0.319. The minimum atomic E-state index is -0.961. The molecule has 74 valence electrons. The number of ether oxygens (including phenoxy) is 2. The van der Waals surface area contributed by atoms with Crippen LogP contribution in [0.25, 0.3) is 0 Å². The second-order valence-corrected chi connectivity index (χ2v) is 3.31. The molecule has 0 aliphatic carbocycles. The van der Waals surface area contributed by atoms with Gasteiger partial charge in [-0.15, -0.1) is 0 Å². The summed E-state index contributed by atoms with van der Waals surface area (Å²) in [5.41, 5.74) is 0.864. The van der Waals surface area contributed by atoms with Crippen molar-refractivity contribution in [2.24, 2.45) is 0 Å². The fourth-order valence-electron chi connectivity index (χ4n) is 1.45. The molecule has 0 radical (unpaired) electrons. The van der Waals surface area contributed by atoms with Gasteiger partial charge < -0.3 is 14.6 Å². The molecule has 0 atom stereocenters. The molecule has 1 aliphatic heterocycles. The van der Waals surface area contributed by atoms with E-state index in [9.17, 15) is 4.79 Å². The van der Waals surface area contributed by atoms with E-state index in [0.29, 0.717) is 19.6 Å².